The van der Waals surface area contributed by atoms with Crippen LogP contribution in [0.25, 0.3) is 0 Å². The van der Waals surface area contributed by atoms with Crippen molar-refractivity contribution in [1.82, 2.24) is 0 Å². The highest BCUT2D eigenvalue weighted by Gasteiger charge is 2.50. The minimum absolute atomic E-state index is 0.220. The van der Waals surface area contributed by atoms with Gasteiger partial charge < -0.3 is 14.7 Å². The maximum absolute atomic E-state index is 12.9. The average molecular weight is 339 g/mol. The van der Waals surface area contributed by atoms with E-state index >= 15 is 0 Å². The Kier molecular flexibility index (Phi) is 4.59. The van der Waals surface area contributed by atoms with Gasteiger partial charge >= 0.3 is 0 Å². The van der Waals surface area contributed by atoms with Gasteiger partial charge in [-0.15, -0.1) is 0 Å². The van der Waals surface area contributed by atoms with Crippen LogP contribution in [0.3, 0.4) is 0 Å². The van der Waals surface area contributed by atoms with Crippen LogP contribution in [-0.4, -0.2) is 23.4 Å². The second kappa shape index (κ2) is 6.69. The molecule has 1 aliphatic rings. The van der Waals surface area contributed by atoms with E-state index in [0.717, 1.165) is 11.3 Å². The van der Waals surface area contributed by atoms with Crippen molar-refractivity contribution in [3.05, 3.63) is 59.7 Å². The number of Topliss-reactive ketones (excluding diaryl/α,β-unsaturated/α-hetero) is 1. The van der Waals surface area contributed by atoms with Crippen molar-refractivity contribution in [1.29, 1.82) is 0 Å². The molecule has 2 aromatic rings. The van der Waals surface area contributed by atoms with Crippen LogP contribution in [0.4, 0.5) is 5.69 Å². The van der Waals surface area contributed by atoms with Crippen LogP contribution in [0, 0.1) is 0 Å². The number of amides is 1. The van der Waals surface area contributed by atoms with E-state index in [2.05, 4.69) is 0 Å². The normalized spacial score (nSPS) is 19.0. The average Bonchev–Trinajstić information content (AvgIpc) is 2.79. The predicted octanol–water partition coefficient (Wildman–Crippen LogP) is 2.80. The van der Waals surface area contributed by atoms with Crippen molar-refractivity contribution in [3.8, 4) is 5.75 Å². The topological polar surface area (TPSA) is 66.8 Å². The summed E-state index contributed by atoms with van der Waals surface area (Å²) < 4.78 is 5.43. The Balaban J connectivity index is 1.91. The van der Waals surface area contributed by atoms with Gasteiger partial charge in [0.25, 0.3) is 5.91 Å². The van der Waals surface area contributed by atoms with Crippen molar-refractivity contribution in [2.24, 2.45) is 0 Å². The molecular formula is C20H21NO4. The molecule has 0 aliphatic carbocycles. The Morgan fingerprint density at radius 3 is 2.48 bits per heavy atom. The van der Waals surface area contributed by atoms with Gasteiger partial charge in [-0.2, -0.15) is 0 Å². The third-order valence-corrected chi connectivity index (χ3v) is 4.32. The number of benzene rings is 2. The first-order valence-electron chi connectivity index (χ1n) is 8.30. The number of ketones is 1. The Morgan fingerprint density at radius 1 is 1.16 bits per heavy atom. The van der Waals surface area contributed by atoms with Crippen molar-refractivity contribution in [2.45, 2.75) is 32.4 Å². The number of ether oxygens (including phenoxy) is 1. The van der Waals surface area contributed by atoms with Crippen LogP contribution >= 0.6 is 0 Å². The lowest BCUT2D eigenvalue weighted by Gasteiger charge is -2.22. The number of rotatable bonds is 6. The summed E-state index contributed by atoms with van der Waals surface area (Å²) in [5.74, 6) is 0.0823. The predicted molar refractivity (Wildman–Crippen MR) is 94.4 cm³/mol. The fourth-order valence-electron chi connectivity index (χ4n) is 3.24. The SMILES string of the molecule is CCOc1ccc(CN2C(=O)[C@@](O)(CC(C)=O)c3ccccc32)cc1. The summed E-state index contributed by atoms with van der Waals surface area (Å²) in [6.45, 7) is 4.21. The minimum Gasteiger partial charge on any atom is -0.494 e. The summed E-state index contributed by atoms with van der Waals surface area (Å²) in [4.78, 5) is 26.0. The molecule has 5 heteroatoms. The molecule has 130 valence electrons. The molecular weight excluding hydrogens is 318 g/mol. The van der Waals surface area contributed by atoms with Gasteiger partial charge in [0.05, 0.1) is 18.8 Å². The first-order valence-corrected chi connectivity index (χ1v) is 8.30. The van der Waals surface area contributed by atoms with Gasteiger partial charge in [0.2, 0.25) is 0 Å². The fourth-order valence-corrected chi connectivity index (χ4v) is 3.24. The third kappa shape index (κ3) is 3.15. The molecule has 0 saturated carbocycles. The molecule has 3 rings (SSSR count). The zero-order valence-corrected chi connectivity index (χ0v) is 14.4. The Hall–Kier alpha value is -2.66. The lowest BCUT2D eigenvalue weighted by Crippen LogP contribution is -2.41. The zero-order valence-electron chi connectivity index (χ0n) is 14.4. The molecule has 0 bridgehead atoms. The molecule has 1 aliphatic heterocycles. The van der Waals surface area contributed by atoms with Crippen LogP contribution in [-0.2, 0) is 21.7 Å². The zero-order chi connectivity index (χ0) is 18.0. The molecule has 1 amide bonds. The van der Waals surface area contributed by atoms with Crippen molar-refractivity contribution < 1.29 is 19.4 Å². The largest absolute Gasteiger partial charge is 0.494 e. The number of aliphatic hydroxyl groups is 1. The molecule has 0 saturated heterocycles. The van der Waals surface area contributed by atoms with E-state index in [1.807, 2.05) is 37.3 Å². The summed E-state index contributed by atoms with van der Waals surface area (Å²) in [5, 5.41) is 10.9. The second-order valence-electron chi connectivity index (χ2n) is 6.22. The van der Waals surface area contributed by atoms with Crippen LogP contribution in [0.1, 0.15) is 31.4 Å². The molecule has 2 aromatic carbocycles. The number of carbonyl (C=O) groups is 2. The van der Waals surface area contributed by atoms with E-state index in [-0.39, 0.29) is 12.2 Å². The number of para-hydroxylation sites is 1. The van der Waals surface area contributed by atoms with Crippen LogP contribution in [0.5, 0.6) is 5.75 Å². The summed E-state index contributed by atoms with van der Waals surface area (Å²) >= 11 is 0. The molecule has 1 N–H and O–H groups in total. The first-order chi connectivity index (χ1) is 12.0. The van der Waals surface area contributed by atoms with Gasteiger partial charge in [-0.3, -0.25) is 9.59 Å². The second-order valence-corrected chi connectivity index (χ2v) is 6.22. The molecule has 0 aromatic heterocycles. The van der Waals surface area contributed by atoms with Gasteiger partial charge in [0.15, 0.2) is 5.60 Å². The number of anilines is 1. The van der Waals surface area contributed by atoms with Crippen molar-refractivity contribution in [2.75, 3.05) is 11.5 Å². The fraction of sp³-hybridized carbons (Fsp3) is 0.300. The monoisotopic (exact) mass is 339 g/mol. The highest BCUT2D eigenvalue weighted by Crippen LogP contribution is 2.43. The Morgan fingerprint density at radius 2 is 1.84 bits per heavy atom. The number of nitrogens with zero attached hydrogens (tertiary/aromatic N) is 1. The summed E-state index contributed by atoms with van der Waals surface area (Å²) in [6, 6.07) is 14.6. The maximum atomic E-state index is 12.9. The molecule has 1 atom stereocenters. The highest BCUT2D eigenvalue weighted by molar-refractivity contribution is 6.08. The molecule has 0 fully saturated rings. The van der Waals surface area contributed by atoms with Crippen LogP contribution in [0.2, 0.25) is 0 Å². The standard InChI is InChI=1S/C20H21NO4/c1-3-25-16-10-8-15(9-11-16)13-21-18-7-5-4-6-17(18)20(24,19(21)23)12-14(2)22/h4-11,24H,3,12-13H2,1-2H3/t20-/m1/s1. The summed E-state index contributed by atoms with van der Waals surface area (Å²) in [6.07, 6.45) is -0.220. The van der Waals surface area contributed by atoms with E-state index < -0.39 is 11.5 Å². The maximum Gasteiger partial charge on any atom is 0.264 e. The van der Waals surface area contributed by atoms with Gasteiger partial charge in [-0.1, -0.05) is 30.3 Å². The number of fused-ring (bicyclic) bond motifs is 1. The number of hydrogen-bond acceptors (Lipinski definition) is 4. The van der Waals surface area contributed by atoms with Gasteiger partial charge in [-0.25, -0.2) is 0 Å². The molecule has 5 nitrogen and oxygen atoms in total. The highest BCUT2D eigenvalue weighted by atomic mass is 16.5. The van der Waals surface area contributed by atoms with E-state index in [1.165, 1.54) is 11.8 Å². The molecule has 0 radical (unpaired) electrons. The van der Waals surface area contributed by atoms with Crippen LogP contribution in [0.15, 0.2) is 48.5 Å². The quantitative estimate of drug-likeness (QED) is 0.879. The number of hydrogen-bond donors (Lipinski definition) is 1. The minimum atomic E-state index is -1.78. The number of carbonyl (C=O) groups excluding carboxylic acids is 2. The third-order valence-electron chi connectivity index (χ3n) is 4.32. The lowest BCUT2D eigenvalue weighted by atomic mass is 9.90. The molecule has 1 heterocycles. The van der Waals surface area contributed by atoms with Crippen LogP contribution < -0.4 is 9.64 Å². The van der Waals surface area contributed by atoms with Crippen molar-refractivity contribution >= 4 is 17.4 Å². The van der Waals surface area contributed by atoms with Gasteiger partial charge in [-0.05, 0) is 37.6 Å². The Labute approximate surface area is 146 Å². The molecule has 25 heavy (non-hydrogen) atoms. The molecule has 0 spiro atoms. The van der Waals surface area contributed by atoms with Gasteiger partial charge in [0, 0.05) is 12.0 Å². The smallest absolute Gasteiger partial charge is 0.264 e. The lowest BCUT2D eigenvalue weighted by molar-refractivity contribution is -0.141. The van der Waals surface area contributed by atoms with E-state index in [4.69, 9.17) is 4.74 Å². The van der Waals surface area contributed by atoms with Crippen molar-refractivity contribution in [3.63, 3.8) is 0 Å². The first kappa shape index (κ1) is 17.2. The molecule has 0 unspecified atom stereocenters. The van der Waals surface area contributed by atoms with E-state index in [9.17, 15) is 14.7 Å². The van der Waals surface area contributed by atoms with E-state index in [1.54, 1.807) is 18.2 Å². The summed E-state index contributed by atoms with van der Waals surface area (Å²) in [7, 11) is 0. The summed E-state index contributed by atoms with van der Waals surface area (Å²) in [5.41, 5.74) is 0.262. The Bertz CT molecular complexity index is 800. The van der Waals surface area contributed by atoms with E-state index in [0.29, 0.717) is 24.4 Å². The van der Waals surface area contributed by atoms with Gasteiger partial charge in [0.1, 0.15) is 11.5 Å².